The van der Waals surface area contributed by atoms with Gasteiger partial charge in [0.25, 0.3) is 0 Å². The Hall–Kier alpha value is -3.90. The van der Waals surface area contributed by atoms with Crippen LogP contribution >= 0.6 is 34.9 Å². The molecule has 5 atom stereocenters. The number of aliphatic carboxylic acids is 1. The molecule has 0 radical (unpaired) electrons. The predicted octanol–water partition coefficient (Wildman–Crippen LogP) is 0.729. The Morgan fingerprint density at radius 3 is 2.80 bits per heavy atom. The molecule has 0 aromatic carbocycles. The third kappa shape index (κ3) is 5.80. The van der Waals surface area contributed by atoms with Crippen LogP contribution in [0.4, 0.5) is 4.79 Å². The van der Waals surface area contributed by atoms with Crippen molar-refractivity contribution < 1.29 is 33.5 Å². The van der Waals surface area contributed by atoms with Gasteiger partial charge in [-0.05, 0) is 34.0 Å². The first-order chi connectivity index (χ1) is 19.7. The number of carbonyl (C=O) groups is 5. The number of tetrazole rings is 1. The fourth-order valence-corrected chi connectivity index (χ4v) is 7.99. The molecule has 41 heavy (non-hydrogen) atoms. The van der Waals surface area contributed by atoms with Crippen molar-refractivity contribution in [3.05, 3.63) is 46.5 Å². The molecule has 0 bridgehead atoms. The number of ketones is 1. The van der Waals surface area contributed by atoms with Gasteiger partial charge in [-0.15, -0.1) is 28.2 Å². The number of Topliss-reactive ketones (excluding diaryl/α,β-unsaturated/α-hetero) is 1. The van der Waals surface area contributed by atoms with E-state index < -0.39 is 57.7 Å². The van der Waals surface area contributed by atoms with E-state index in [1.54, 1.807) is 30.5 Å². The second kappa shape index (κ2) is 11.9. The molecule has 216 valence electrons. The molecule has 5 rings (SSSR count). The maximum Gasteiger partial charge on any atom is 0.316 e. The molecule has 0 saturated carbocycles. The van der Waals surface area contributed by atoms with Crippen molar-refractivity contribution in [2.24, 2.45) is 5.41 Å². The molecule has 4 amide bonds. The number of nitrogens with one attached hydrogen (secondary N) is 4. The highest BCUT2D eigenvalue weighted by Gasteiger charge is 2.59. The number of nitrogens with zero attached hydrogens (tertiary/aromatic N) is 4. The molecule has 2 aliphatic heterocycles. The SMILES string of the molecule is CC(Sc1nnn[nH]1)C1(C(=O)O)CS[C@@H]2C(NC(=O)C(NC(=O)NCC(=O)c3ccco3)c3cccs3)C(=O)N2C1. The first kappa shape index (κ1) is 28.6. The summed E-state index contributed by atoms with van der Waals surface area (Å²) in [7, 11) is 0. The predicted molar refractivity (Wildman–Crippen MR) is 146 cm³/mol. The van der Waals surface area contributed by atoms with Crippen LogP contribution in [0.1, 0.15) is 28.4 Å². The number of thioether (sulfide) groups is 2. The molecule has 2 aliphatic rings. The van der Waals surface area contributed by atoms with Crippen molar-refractivity contribution in [2.45, 2.75) is 34.8 Å². The standard InChI is InChI=1S/C23H24N8O7S3/c1-11(41-22-27-29-30-28-22)23(20(35)36)9-31-18(34)16(19(31)40-10-23)25-17(33)15(14-5-3-7-39-14)26-21(37)24-8-12(32)13-4-2-6-38-13/h2-7,11,15-16,19H,8-10H2,1H3,(H,25,33)(H,35,36)(H2,24,26,37)(H,27,28,29,30)/t11?,15?,16?,19-,23?/m1/s1. The summed E-state index contributed by atoms with van der Waals surface area (Å²) in [6.45, 7) is 1.36. The maximum absolute atomic E-state index is 13.3. The highest BCUT2D eigenvalue weighted by atomic mass is 32.2. The lowest BCUT2D eigenvalue weighted by atomic mass is 9.84. The van der Waals surface area contributed by atoms with Crippen molar-refractivity contribution >= 4 is 64.5 Å². The topological polar surface area (TPSA) is 213 Å². The Bertz CT molecular complexity index is 1420. The van der Waals surface area contributed by atoms with Crippen LogP contribution in [-0.4, -0.2) is 95.7 Å². The number of aromatic nitrogens is 4. The number of carboxylic acid groups (broad SMARTS) is 1. The Morgan fingerprint density at radius 1 is 1.32 bits per heavy atom. The van der Waals surface area contributed by atoms with Crippen LogP contribution in [0, 0.1) is 5.41 Å². The minimum Gasteiger partial charge on any atom is -0.481 e. The van der Waals surface area contributed by atoms with Crippen LogP contribution in [-0.2, 0) is 14.4 Å². The Balaban J connectivity index is 1.21. The molecule has 18 heteroatoms. The zero-order valence-electron chi connectivity index (χ0n) is 21.3. The molecule has 5 N–H and O–H groups in total. The van der Waals surface area contributed by atoms with Crippen molar-refractivity contribution in [3.8, 4) is 0 Å². The average molecular weight is 621 g/mol. The number of hydrogen-bond acceptors (Lipinski definition) is 12. The van der Waals surface area contributed by atoms with E-state index in [9.17, 15) is 29.1 Å². The van der Waals surface area contributed by atoms with Crippen molar-refractivity contribution in [3.63, 3.8) is 0 Å². The minimum atomic E-state index is -1.27. The number of hydrogen-bond donors (Lipinski definition) is 5. The first-order valence-electron chi connectivity index (χ1n) is 12.2. The summed E-state index contributed by atoms with van der Waals surface area (Å²) in [5, 5.41) is 32.4. The van der Waals surface area contributed by atoms with Crippen LogP contribution in [0.3, 0.4) is 0 Å². The van der Waals surface area contributed by atoms with E-state index in [4.69, 9.17) is 4.42 Å². The van der Waals surface area contributed by atoms with Gasteiger partial charge >= 0.3 is 12.0 Å². The molecule has 3 aromatic heterocycles. The highest BCUT2D eigenvalue weighted by Crippen LogP contribution is 2.47. The molecule has 5 heterocycles. The lowest BCUT2D eigenvalue weighted by Gasteiger charge is -2.55. The first-order valence-corrected chi connectivity index (χ1v) is 15.0. The molecule has 0 aliphatic carbocycles. The molecule has 2 saturated heterocycles. The van der Waals surface area contributed by atoms with Crippen molar-refractivity contribution in [1.29, 1.82) is 0 Å². The molecular formula is C23H24N8O7S3. The minimum absolute atomic E-state index is 0.0420. The molecule has 4 unspecified atom stereocenters. The van der Waals surface area contributed by atoms with Gasteiger partial charge < -0.3 is 30.4 Å². The van der Waals surface area contributed by atoms with E-state index in [1.807, 2.05) is 0 Å². The summed E-state index contributed by atoms with van der Waals surface area (Å²) < 4.78 is 5.02. The zero-order valence-corrected chi connectivity index (χ0v) is 23.8. The number of fused-ring (bicyclic) bond motifs is 1. The monoisotopic (exact) mass is 620 g/mol. The molecule has 0 spiro atoms. The molecule has 3 aromatic rings. The third-order valence-corrected chi connectivity index (χ3v) is 10.5. The van der Waals surface area contributed by atoms with E-state index in [-0.39, 0.29) is 24.6 Å². The average Bonchev–Trinajstić information content (AvgIpc) is 3.76. The van der Waals surface area contributed by atoms with Gasteiger partial charge in [0, 0.05) is 22.4 Å². The Kier molecular flexibility index (Phi) is 8.32. The largest absolute Gasteiger partial charge is 0.481 e. The van der Waals surface area contributed by atoms with Crippen molar-refractivity contribution in [2.75, 3.05) is 18.8 Å². The number of carbonyl (C=O) groups excluding carboxylic acids is 4. The van der Waals surface area contributed by atoms with Gasteiger partial charge in [-0.25, -0.2) is 9.89 Å². The zero-order chi connectivity index (χ0) is 29.1. The van der Waals surface area contributed by atoms with E-state index >= 15 is 0 Å². The fourth-order valence-electron chi connectivity index (χ4n) is 4.45. The van der Waals surface area contributed by atoms with Gasteiger partial charge in [0.1, 0.15) is 22.9 Å². The van der Waals surface area contributed by atoms with E-state index in [0.29, 0.717) is 10.0 Å². The van der Waals surface area contributed by atoms with Gasteiger partial charge in [0.05, 0.1) is 12.8 Å². The second-order valence-corrected chi connectivity index (χ2v) is 12.7. The molecule has 15 nitrogen and oxygen atoms in total. The normalized spacial score (nSPS) is 23.0. The Labute approximate surface area is 244 Å². The number of β-lactam (4-membered cyclic amide) rings is 1. The summed E-state index contributed by atoms with van der Waals surface area (Å²) in [5.41, 5.74) is -1.27. The number of urea groups is 1. The highest BCUT2D eigenvalue weighted by molar-refractivity contribution is 8.01. The van der Waals surface area contributed by atoms with Crippen LogP contribution < -0.4 is 16.0 Å². The van der Waals surface area contributed by atoms with E-state index in [0.717, 1.165) is 0 Å². The van der Waals surface area contributed by atoms with Crippen molar-refractivity contribution in [1.82, 2.24) is 41.5 Å². The van der Waals surface area contributed by atoms with Gasteiger partial charge in [0.15, 0.2) is 5.76 Å². The summed E-state index contributed by atoms with van der Waals surface area (Å²) in [6, 6.07) is 3.62. The quantitative estimate of drug-likeness (QED) is 0.114. The second-order valence-electron chi connectivity index (χ2n) is 9.26. The maximum atomic E-state index is 13.3. The van der Waals surface area contributed by atoms with E-state index in [1.165, 1.54) is 52.1 Å². The summed E-state index contributed by atoms with van der Waals surface area (Å²) in [4.78, 5) is 65.5. The fraction of sp³-hybridized carbons (Fsp3) is 0.391. The summed E-state index contributed by atoms with van der Waals surface area (Å²) in [6.07, 6.45) is 1.34. The number of thiophene rings is 1. The third-order valence-electron chi connectivity index (χ3n) is 6.79. The lowest BCUT2D eigenvalue weighted by molar-refractivity contribution is -0.158. The Morgan fingerprint density at radius 2 is 2.15 bits per heavy atom. The van der Waals surface area contributed by atoms with Gasteiger partial charge in [0.2, 0.25) is 22.8 Å². The van der Waals surface area contributed by atoms with Crippen LogP contribution in [0.15, 0.2) is 45.5 Å². The summed E-state index contributed by atoms with van der Waals surface area (Å²) in [5.74, 6) is -2.24. The molecular weight excluding hydrogens is 597 g/mol. The van der Waals surface area contributed by atoms with Crippen LogP contribution in [0.25, 0.3) is 0 Å². The lowest BCUT2D eigenvalue weighted by Crippen LogP contribution is -2.74. The van der Waals surface area contributed by atoms with E-state index in [2.05, 4.69) is 36.6 Å². The number of aromatic amines is 1. The number of carboxylic acids is 1. The molecule has 2 fully saturated rings. The summed E-state index contributed by atoms with van der Waals surface area (Å²) >= 11 is 3.68. The number of rotatable bonds is 11. The van der Waals surface area contributed by atoms with Gasteiger partial charge in [-0.1, -0.05) is 24.8 Å². The number of H-pyrrole nitrogens is 1. The number of furan rings is 1. The van der Waals surface area contributed by atoms with Crippen LogP contribution in [0.2, 0.25) is 0 Å². The van der Waals surface area contributed by atoms with Gasteiger partial charge in [-0.2, -0.15) is 0 Å². The number of amides is 4. The smallest absolute Gasteiger partial charge is 0.316 e. The van der Waals surface area contributed by atoms with Crippen LogP contribution in [0.5, 0.6) is 0 Å². The van der Waals surface area contributed by atoms with Gasteiger partial charge in [-0.3, -0.25) is 19.2 Å².